The monoisotopic (exact) mass is 247 g/mol. The molecule has 0 N–H and O–H groups in total. The zero-order valence-corrected chi connectivity index (χ0v) is 11.2. The number of nitriles is 1. The van der Waals surface area contributed by atoms with Crippen molar-refractivity contribution in [2.75, 3.05) is 26.8 Å². The van der Waals surface area contributed by atoms with Gasteiger partial charge in [-0.1, -0.05) is 0 Å². The van der Waals surface area contributed by atoms with Crippen LogP contribution in [0.3, 0.4) is 0 Å². The predicted molar refractivity (Wildman–Crippen MR) is 70.1 cm³/mol. The van der Waals surface area contributed by atoms with Crippen LogP contribution >= 0.6 is 0 Å². The molecule has 1 atom stereocenters. The van der Waals surface area contributed by atoms with Crippen molar-refractivity contribution in [3.05, 3.63) is 23.5 Å². The van der Waals surface area contributed by atoms with Gasteiger partial charge in [-0.15, -0.1) is 0 Å². The van der Waals surface area contributed by atoms with E-state index in [2.05, 4.69) is 31.1 Å². The maximum Gasteiger partial charge on any atom is 0.120 e. The Balaban J connectivity index is 1.92. The van der Waals surface area contributed by atoms with Crippen LogP contribution in [0, 0.1) is 17.2 Å². The van der Waals surface area contributed by atoms with Gasteiger partial charge in [0.15, 0.2) is 0 Å². The van der Waals surface area contributed by atoms with Crippen LogP contribution < -0.4 is 0 Å². The third-order valence-corrected chi connectivity index (χ3v) is 3.45. The fourth-order valence-electron chi connectivity index (χ4n) is 2.55. The summed E-state index contributed by atoms with van der Waals surface area (Å²) in [6.07, 6.45) is 3.25. The summed E-state index contributed by atoms with van der Waals surface area (Å²) in [5.41, 5.74) is 1.97. The van der Waals surface area contributed by atoms with E-state index in [1.54, 1.807) is 0 Å². The molecule has 0 aromatic carbocycles. The van der Waals surface area contributed by atoms with Crippen LogP contribution in [-0.2, 0) is 17.8 Å². The largest absolute Gasteiger partial charge is 0.381 e. The molecule has 1 aromatic heterocycles. The fourth-order valence-corrected chi connectivity index (χ4v) is 2.55. The van der Waals surface area contributed by atoms with E-state index in [4.69, 9.17) is 10.00 Å². The Morgan fingerprint density at radius 2 is 2.44 bits per heavy atom. The van der Waals surface area contributed by atoms with E-state index >= 15 is 0 Å². The Labute approximate surface area is 109 Å². The van der Waals surface area contributed by atoms with Crippen molar-refractivity contribution in [2.45, 2.75) is 26.4 Å². The molecule has 4 nitrogen and oxygen atoms in total. The molecule has 1 aliphatic heterocycles. The summed E-state index contributed by atoms with van der Waals surface area (Å²) in [5, 5.41) is 9.03. The number of nitrogens with zero attached hydrogens (tertiary/aromatic N) is 3. The van der Waals surface area contributed by atoms with E-state index < -0.39 is 0 Å². The second kappa shape index (κ2) is 6.03. The van der Waals surface area contributed by atoms with Crippen LogP contribution in [0.25, 0.3) is 0 Å². The maximum absolute atomic E-state index is 9.03. The van der Waals surface area contributed by atoms with Gasteiger partial charge in [0.2, 0.25) is 0 Å². The van der Waals surface area contributed by atoms with Crippen LogP contribution in [0.1, 0.15) is 24.6 Å². The molecule has 0 radical (unpaired) electrons. The minimum absolute atomic E-state index is 0.665. The van der Waals surface area contributed by atoms with E-state index in [0.717, 1.165) is 38.5 Å². The molecule has 98 valence electrons. The number of ether oxygens (including phenoxy) is 1. The van der Waals surface area contributed by atoms with Crippen LogP contribution in [0.15, 0.2) is 12.3 Å². The van der Waals surface area contributed by atoms with Gasteiger partial charge in [-0.3, -0.25) is 0 Å². The Morgan fingerprint density at radius 3 is 3.00 bits per heavy atom. The Hall–Kier alpha value is -1.31. The first-order chi connectivity index (χ1) is 8.72. The van der Waals surface area contributed by atoms with Gasteiger partial charge in [-0.05, 0) is 37.9 Å². The normalized spacial score (nSPS) is 19.3. The second-order valence-electron chi connectivity index (χ2n) is 5.06. The standard InChI is InChI=1S/C14H21N3O/c1-3-17-10-13(6-14(17)7-15)9-16(2)8-12-4-5-18-11-12/h6,10,12H,3-5,8-9,11H2,1-2H3. The molecule has 1 saturated heterocycles. The predicted octanol–water partition coefficient (Wildman–Crippen LogP) is 1.85. The highest BCUT2D eigenvalue weighted by molar-refractivity contribution is 5.28. The average Bonchev–Trinajstić information content (AvgIpc) is 2.97. The molecular weight excluding hydrogens is 226 g/mol. The van der Waals surface area contributed by atoms with Gasteiger partial charge < -0.3 is 14.2 Å². The summed E-state index contributed by atoms with van der Waals surface area (Å²) in [7, 11) is 2.13. The first kappa shape index (κ1) is 13.1. The lowest BCUT2D eigenvalue weighted by molar-refractivity contribution is 0.173. The van der Waals surface area contributed by atoms with Gasteiger partial charge >= 0.3 is 0 Å². The number of rotatable bonds is 5. The summed E-state index contributed by atoms with van der Waals surface area (Å²) < 4.78 is 7.39. The molecule has 18 heavy (non-hydrogen) atoms. The summed E-state index contributed by atoms with van der Waals surface area (Å²) in [5.74, 6) is 0.665. The lowest BCUT2D eigenvalue weighted by atomic mass is 10.1. The van der Waals surface area contributed by atoms with Crippen LogP contribution in [0.4, 0.5) is 0 Å². The smallest absolute Gasteiger partial charge is 0.120 e. The zero-order chi connectivity index (χ0) is 13.0. The Morgan fingerprint density at radius 1 is 1.61 bits per heavy atom. The molecule has 2 rings (SSSR count). The number of aryl methyl sites for hydroxylation is 1. The Kier molecular flexibility index (Phi) is 4.40. The SMILES string of the molecule is CCn1cc(CN(C)CC2CCOC2)cc1C#N. The molecule has 2 heterocycles. The van der Waals surface area contributed by atoms with E-state index in [1.807, 2.05) is 10.6 Å². The average molecular weight is 247 g/mol. The molecule has 0 bridgehead atoms. The van der Waals surface area contributed by atoms with Crippen molar-refractivity contribution in [3.63, 3.8) is 0 Å². The van der Waals surface area contributed by atoms with Crippen molar-refractivity contribution in [3.8, 4) is 6.07 Å². The minimum Gasteiger partial charge on any atom is -0.381 e. The van der Waals surface area contributed by atoms with Crippen LogP contribution in [0.2, 0.25) is 0 Å². The summed E-state index contributed by atoms with van der Waals surface area (Å²) in [4.78, 5) is 2.32. The van der Waals surface area contributed by atoms with E-state index in [9.17, 15) is 0 Å². The lowest BCUT2D eigenvalue weighted by Crippen LogP contribution is -2.25. The van der Waals surface area contributed by atoms with Gasteiger partial charge in [-0.25, -0.2) is 0 Å². The van der Waals surface area contributed by atoms with E-state index in [0.29, 0.717) is 5.92 Å². The molecule has 0 saturated carbocycles. The topological polar surface area (TPSA) is 41.2 Å². The molecule has 1 aromatic rings. The first-order valence-electron chi connectivity index (χ1n) is 6.58. The molecule has 0 amide bonds. The van der Waals surface area contributed by atoms with Crippen molar-refractivity contribution < 1.29 is 4.74 Å². The van der Waals surface area contributed by atoms with E-state index in [1.165, 1.54) is 12.0 Å². The summed E-state index contributed by atoms with van der Waals surface area (Å²) in [6.45, 7) is 6.68. The zero-order valence-electron chi connectivity index (χ0n) is 11.2. The van der Waals surface area contributed by atoms with Crippen LogP contribution in [0.5, 0.6) is 0 Å². The molecule has 1 aliphatic rings. The first-order valence-corrected chi connectivity index (χ1v) is 6.58. The summed E-state index contributed by atoms with van der Waals surface area (Å²) >= 11 is 0. The molecular formula is C14H21N3O. The lowest BCUT2D eigenvalue weighted by Gasteiger charge is -2.19. The third-order valence-electron chi connectivity index (χ3n) is 3.45. The highest BCUT2D eigenvalue weighted by Crippen LogP contribution is 2.15. The Bertz CT molecular complexity index is 427. The maximum atomic E-state index is 9.03. The van der Waals surface area contributed by atoms with Gasteiger partial charge in [0, 0.05) is 32.4 Å². The second-order valence-corrected chi connectivity index (χ2v) is 5.06. The quantitative estimate of drug-likeness (QED) is 0.797. The van der Waals surface area contributed by atoms with Crippen LogP contribution in [-0.4, -0.2) is 36.3 Å². The van der Waals surface area contributed by atoms with Crippen molar-refractivity contribution in [2.24, 2.45) is 5.92 Å². The van der Waals surface area contributed by atoms with Gasteiger partial charge in [0.05, 0.1) is 6.61 Å². The highest BCUT2D eigenvalue weighted by Gasteiger charge is 2.17. The van der Waals surface area contributed by atoms with Crippen molar-refractivity contribution in [1.82, 2.24) is 9.47 Å². The van der Waals surface area contributed by atoms with Crippen molar-refractivity contribution in [1.29, 1.82) is 5.26 Å². The summed E-state index contributed by atoms with van der Waals surface area (Å²) in [6, 6.07) is 4.23. The fraction of sp³-hybridized carbons (Fsp3) is 0.643. The third kappa shape index (κ3) is 3.12. The minimum atomic E-state index is 0.665. The number of hydrogen-bond donors (Lipinski definition) is 0. The van der Waals surface area contributed by atoms with Gasteiger partial charge in [-0.2, -0.15) is 5.26 Å². The van der Waals surface area contributed by atoms with Crippen molar-refractivity contribution >= 4 is 0 Å². The molecule has 0 spiro atoms. The highest BCUT2D eigenvalue weighted by atomic mass is 16.5. The van der Waals surface area contributed by atoms with Gasteiger partial charge in [0.1, 0.15) is 11.8 Å². The molecule has 1 unspecified atom stereocenters. The number of aromatic nitrogens is 1. The number of hydrogen-bond acceptors (Lipinski definition) is 3. The van der Waals surface area contributed by atoms with Gasteiger partial charge in [0.25, 0.3) is 0 Å². The molecule has 1 fully saturated rings. The molecule has 0 aliphatic carbocycles. The molecule has 4 heteroatoms. The van der Waals surface area contributed by atoms with E-state index in [-0.39, 0.29) is 0 Å².